The molecule has 0 spiro atoms. The number of benzene rings is 1. The van der Waals surface area contributed by atoms with Gasteiger partial charge in [0.2, 0.25) is 0 Å². The van der Waals surface area contributed by atoms with Gasteiger partial charge in [-0.15, -0.1) is 0 Å². The summed E-state index contributed by atoms with van der Waals surface area (Å²) in [4.78, 5) is 24.7. The predicted octanol–water partition coefficient (Wildman–Crippen LogP) is 2.43. The first-order valence-electron chi connectivity index (χ1n) is 8.63. The summed E-state index contributed by atoms with van der Waals surface area (Å²) in [6, 6.07) is 10.9. The van der Waals surface area contributed by atoms with Crippen molar-refractivity contribution in [1.82, 2.24) is 20.3 Å². The minimum atomic E-state index is -0.290. The Morgan fingerprint density at radius 1 is 1.00 bits per heavy atom. The number of aromatic nitrogens is 3. The smallest absolute Gasteiger partial charge is 0.270 e. The summed E-state index contributed by atoms with van der Waals surface area (Å²) in [6.07, 6.45) is 4.84. The molecule has 3 rings (SSSR count). The quantitative estimate of drug-likeness (QED) is 0.620. The van der Waals surface area contributed by atoms with Crippen LogP contribution in [0.5, 0.6) is 11.5 Å². The predicted molar refractivity (Wildman–Crippen MR) is 104 cm³/mol. The molecule has 0 aliphatic rings. The monoisotopic (exact) mass is 379 g/mol. The van der Waals surface area contributed by atoms with Crippen LogP contribution in [0.1, 0.15) is 21.6 Å². The average molecular weight is 379 g/mol. The number of nitrogens with zero attached hydrogens (tertiary/aromatic N) is 3. The summed E-state index contributed by atoms with van der Waals surface area (Å²) >= 11 is 0. The number of methoxy groups -OCH3 is 2. The lowest BCUT2D eigenvalue weighted by molar-refractivity contribution is 0.0945. The zero-order valence-corrected chi connectivity index (χ0v) is 15.7. The van der Waals surface area contributed by atoms with E-state index in [1.54, 1.807) is 38.7 Å². The van der Waals surface area contributed by atoms with Gasteiger partial charge < -0.3 is 20.1 Å². The highest BCUT2D eigenvalue weighted by Crippen LogP contribution is 2.27. The molecule has 28 heavy (non-hydrogen) atoms. The number of carbonyl (C=O) groups is 1. The minimum absolute atomic E-state index is 0.282. The van der Waals surface area contributed by atoms with Crippen molar-refractivity contribution in [2.45, 2.75) is 13.1 Å². The third-order valence-corrected chi connectivity index (χ3v) is 4.00. The number of hydrogen-bond acceptors (Lipinski definition) is 7. The van der Waals surface area contributed by atoms with Crippen LogP contribution in [0.2, 0.25) is 0 Å². The Bertz CT molecular complexity index is 934. The topological polar surface area (TPSA) is 98.3 Å². The molecule has 0 atom stereocenters. The molecule has 0 unspecified atom stereocenters. The molecule has 144 valence electrons. The largest absolute Gasteiger partial charge is 0.493 e. The van der Waals surface area contributed by atoms with Crippen molar-refractivity contribution in [3.05, 3.63) is 71.9 Å². The van der Waals surface area contributed by atoms with Gasteiger partial charge in [0.15, 0.2) is 11.5 Å². The Morgan fingerprint density at radius 2 is 1.86 bits per heavy atom. The Kier molecular flexibility index (Phi) is 6.35. The Labute approximate surface area is 163 Å². The fraction of sp³-hybridized carbons (Fsp3) is 0.200. The fourth-order valence-corrected chi connectivity index (χ4v) is 2.54. The standard InChI is InChI=1S/C20H21N5O3/c1-27-17-6-5-14(8-18(17)28-2)11-23-20(26)16-9-19(25-13-24-16)22-12-15-4-3-7-21-10-15/h3-10,13H,11-12H2,1-2H3,(H,23,26)(H,22,24,25). The number of ether oxygens (including phenoxy) is 2. The van der Waals surface area contributed by atoms with E-state index in [4.69, 9.17) is 9.47 Å². The van der Waals surface area contributed by atoms with Gasteiger partial charge in [0, 0.05) is 31.5 Å². The summed E-state index contributed by atoms with van der Waals surface area (Å²) in [7, 11) is 3.15. The van der Waals surface area contributed by atoms with E-state index in [1.807, 2.05) is 24.3 Å². The van der Waals surface area contributed by atoms with Gasteiger partial charge in [0.25, 0.3) is 5.91 Å². The third kappa shape index (κ3) is 4.94. The van der Waals surface area contributed by atoms with Crippen molar-refractivity contribution in [2.75, 3.05) is 19.5 Å². The molecular formula is C20H21N5O3. The van der Waals surface area contributed by atoms with Crippen molar-refractivity contribution in [3.63, 3.8) is 0 Å². The molecule has 1 aromatic carbocycles. The molecule has 2 N–H and O–H groups in total. The van der Waals surface area contributed by atoms with E-state index in [2.05, 4.69) is 25.6 Å². The van der Waals surface area contributed by atoms with E-state index in [9.17, 15) is 4.79 Å². The van der Waals surface area contributed by atoms with Gasteiger partial charge in [-0.25, -0.2) is 9.97 Å². The lowest BCUT2D eigenvalue weighted by atomic mass is 10.2. The van der Waals surface area contributed by atoms with Gasteiger partial charge >= 0.3 is 0 Å². The van der Waals surface area contributed by atoms with Gasteiger partial charge in [0.05, 0.1) is 14.2 Å². The van der Waals surface area contributed by atoms with Crippen LogP contribution in [0.3, 0.4) is 0 Å². The highest BCUT2D eigenvalue weighted by Gasteiger charge is 2.10. The molecule has 0 saturated carbocycles. The second-order valence-corrected chi connectivity index (χ2v) is 5.88. The van der Waals surface area contributed by atoms with E-state index in [0.717, 1.165) is 11.1 Å². The first-order valence-corrected chi connectivity index (χ1v) is 8.63. The Morgan fingerprint density at radius 3 is 2.61 bits per heavy atom. The van der Waals surface area contributed by atoms with Crippen molar-refractivity contribution in [1.29, 1.82) is 0 Å². The zero-order chi connectivity index (χ0) is 19.8. The summed E-state index contributed by atoms with van der Waals surface area (Å²) in [5.41, 5.74) is 2.18. The maximum absolute atomic E-state index is 12.4. The molecule has 0 bridgehead atoms. The average Bonchev–Trinajstić information content (AvgIpc) is 2.76. The van der Waals surface area contributed by atoms with Crippen LogP contribution < -0.4 is 20.1 Å². The van der Waals surface area contributed by atoms with Crippen molar-refractivity contribution in [2.24, 2.45) is 0 Å². The van der Waals surface area contributed by atoms with Crippen LogP contribution in [0.15, 0.2) is 55.1 Å². The van der Waals surface area contributed by atoms with Crippen LogP contribution in [0.4, 0.5) is 5.82 Å². The van der Waals surface area contributed by atoms with Gasteiger partial charge in [0.1, 0.15) is 17.8 Å². The Balaban J connectivity index is 1.60. The summed E-state index contributed by atoms with van der Waals surface area (Å²) < 4.78 is 10.5. The van der Waals surface area contributed by atoms with E-state index in [1.165, 1.54) is 6.33 Å². The molecule has 0 radical (unpaired) electrons. The van der Waals surface area contributed by atoms with Gasteiger partial charge in [-0.2, -0.15) is 0 Å². The zero-order valence-electron chi connectivity index (χ0n) is 15.7. The van der Waals surface area contributed by atoms with Gasteiger partial charge in [-0.05, 0) is 29.3 Å². The van der Waals surface area contributed by atoms with Crippen molar-refractivity contribution in [3.8, 4) is 11.5 Å². The molecule has 1 amide bonds. The summed E-state index contributed by atoms with van der Waals surface area (Å²) in [5, 5.41) is 6.00. The summed E-state index contributed by atoms with van der Waals surface area (Å²) in [6.45, 7) is 0.888. The van der Waals surface area contributed by atoms with Crippen LogP contribution in [-0.4, -0.2) is 35.1 Å². The first kappa shape index (κ1) is 19.1. The number of nitrogens with one attached hydrogen (secondary N) is 2. The molecule has 3 aromatic rings. The van der Waals surface area contributed by atoms with Crippen LogP contribution in [0.25, 0.3) is 0 Å². The Hall–Kier alpha value is -3.68. The highest BCUT2D eigenvalue weighted by atomic mass is 16.5. The fourth-order valence-electron chi connectivity index (χ4n) is 2.54. The highest BCUT2D eigenvalue weighted by molar-refractivity contribution is 5.92. The summed E-state index contributed by atoms with van der Waals surface area (Å²) in [5.74, 6) is 1.52. The van der Waals surface area contributed by atoms with Gasteiger partial charge in [-0.1, -0.05) is 12.1 Å². The molecule has 0 aliphatic carbocycles. The van der Waals surface area contributed by atoms with E-state index in [0.29, 0.717) is 30.4 Å². The number of pyridine rings is 1. The SMILES string of the molecule is COc1ccc(CNC(=O)c2cc(NCc3cccnc3)ncn2)cc1OC. The molecule has 8 nitrogen and oxygen atoms in total. The molecule has 0 fully saturated rings. The van der Waals surface area contributed by atoms with Crippen LogP contribution >= 0.6 is 0 Å². The number of carbonyl (C=O) groups excluding carboxylic acids is 1. The first-order chi connectivity index (χ1) is 13.7. The normalized spacial score (nSPS) is 10.2. The lowest BCUT2D eigenvalue weighted by Crippen LogP contribution is -2.24. The van der Waals surface area contributed by atoms with Crippen molar-refractivity contribution >= 4 is 11.7 Å². The molecule has 2 aromatic heterocycles. The number of rotatable bonds is 8. The van der Waals surface area contributed by atoms with E-state index >= 15 is 0 Å². The molecule has 2 heterocycles. The second kappa shape index (κ2) is 9.31. The lowest BCUT2D eigenvalue weighted by Gasteiger charge is -2.10. The second-order valence-electron chi connectivity index (χ2n) is 5.88. The molecular weight excluding hydrogens is 358 g/mol. The molecule has 8 heteroatoms. The number of hydrogen-bond donors (Lipinski definition) is 2. The van der Waals surface area contributed by atoms with Gasteiger partial charge in [-0.3, -0.25) is 9.78 Å². The minimum Gasteiger partial charge on any atom is -0.493 e. The van der Waals surface area contributed by atoms with Crippen molar-refractivity contribution < 1.29 is 14.3 Å². The maximum atomic E-state index is 12.4. The number of amides is 1. The number of anilines is 1. The molecule has 0 aliphatic heterocycles. The van der Waals surface area contributed by atoms with Crippen LogP contribution in [0, 0.1) is 0 Å². The van der Waals surface area contributed by atoms with E-state index in [-0.39, 0.29) is 11.6 Å². The van der Waals surface area contributed by atoms with Crippen LogP contribution in [-0.2, 0) is 13.1 Å². The van der Waals surface area contributed by atoms with E-state index < -0.39 is 0 Å². The maximum Gasteiger partial charge on any atom is 0.270 e. The molecule has 0 saturated heterocycles. The third-order valence-electron chi connectivity index (χ3n) is 4.00.